The van der Waals surface area contributed by atoms with E-state index in [0.717, 1.165) is 4.47 Å². The van der Waals surface area contributed by atoms with Crippen LogP contribution in [0.4, 0.5) is 0 Å². The average Bonchev–Trinajstić information content (AvgIpc) is 2.45. The summed E-state index contributed by atoms with van der Waals surface area (Å²) in [6, 6.07) is 11.0. The van der Waals surface area contributed by atoms with Gasteiger partial charge in [0.25, 0.3) is 20.2 Å². The van der Waals surface area contributed by atoms with Gasteiger partial charge in [-0.15, -0.1) is 0 Å². The summed E-state index contributed by atoms with van der Waals surface area (Å²) < 4.78 is 60.2. The lowest BCUT2D eigenvalue weighted by molar-refractivity contribution is 0.308. The molecule has 0 amide bonds. The average molecular weight is 407 g/mol. The van der Waals surface area contributed by atoms with E-state index in [1.165, 1.54) is 36.4 Å². The van der Waals surface area contributed by atoms with Gasteiger partial charge in [-0.3, -0.25) is 8.74 Å². The first-order valence-electron chi connectivity index (χ1n) is 5.90. The van der Waals surface area contributed by atoms with Gasteiger partial charge in [-0.25, -0.2) is 0 Å². The van der Waals surface area contributed by atoms with Crippen LogP contribution in [-0.4, -0.2) is 21.4 Å². The fourth-order valence-corrected chi connectivity index (χ4v) is 3.21. The summed E-state index contributed by atoms with van der Waals surface area (Å²) in [5.41, 5.74) is 0.452. The molecule has 0 saturated heterocycles. The molecule has 0 atom stereocenters. The lowest BCUT2D eigenvalue weighted by Gasteiger charge is -2.06. The predicted octanol–water partition coefficient (Wildman–Crippen LogP) is 2.60. The third-order valence-electron chi connectivity index (χ3n) is 2.70. The van der Waals surface area contributed by atoms with Crippen LogP contribution < -0.4 is 0 Å². The van der Waals surface area contributed by atoms with Crippen molar-refractivity contribution in [3.63, 3.8) is 0 Å². The lowest BCUT2D eigenvalue weighted by Crippen LogP contribution is -2.06. The zero-order valence-electron chi connectivity index (χ0n) is 11.0. The Labute approximate surface area is 136 Å². The second-order valence-electron chi connectivity index (χ2n) is 4.29. The quantitative estimate of drug-likeness (QED) is 0.605. The fourth-order valence-electron chi connectivity index (χ4n) is 1.57. The van der Waals surface area contributed by atoms with E-state index in [1.54, 1.807) is 12.1 Å². The van der Waals surface area contributed by atoms with E-state index in [2.05, 4.69) is 15.9 Å². The maximum Gasteiger partial charge on any atom is 0.297 e. The smallest absolute Gasteiger partial charge is 0.282 e. The summed E-state index contributed by atoms with van der Waals surface area (Å²) in [6.07, 6.45) is 0. The molecule has 2 rings (SSSR count). The van der Waals surface area contributed by atoms with E-state index in [9.17, 15) is 16.8 Å². The Hall–Kier alpha value is -1.26. The Morgan fingerprint density at radius 2 is 1.36 bits per heavy atom. The Morgan fingerprint density at radius 3 is 1.86 bits per heavy atom. The molecule has 0 aliphatic heterocycles. The lowest BCUT2D eigenvalue weighted by atomic mass is 10.2. The predicted molar refractivity (Wildman–Crippen MR) is 82.4 cm³/mol. The van der Waals surface area contributed by atoms with Crippen LogP contribution in [0.25, 0.3) is 0 Å². The van der Waals surface area contributed by atoms with E-state index in [1.807, 2.05) is 0 Å². The van der Waals surface area contributed by atoms with Crippen molar-refractivity contribution in [3.05, 3.63) is 58.6 Å². The molecule has 1 N–H and O–H groups in total. The number of hydrogen-bond donors (Lipinski definition) is 1. The molecule has 0 fully saturated rings. The van der Waals surface area contributed by atoms with Gasteiger partial charge < -0.3 is 0 Å². The third kappa shape index (κ3) is 4.37. The fraction of sp³-hybridized carbons (Fsp3) is 0.0769. The molecule has 0 saturated carbocycles. The monoisotopic (exact) mass is 406 g/mol. The van der Waals surface area contributed by atoms with Gasteiger partial charge in [0, 0.05) is 4.47 Å². The maximum absolute atomic E-state index is 12.0. The van der Waals surface area contributed by atoms with Crippen LogP contribution in [0.1, 0.15) is 5.56 Å². The highest BCUT2D eigenvalue weighted by atomic mass is 79.9. The van der Waals surface area contributed by atoms with E-state index in [-0.39, 0.29) is 16.4 Å². The highest BCUT2D eigenvalue weighted by Crippen LogP contribution is 2.18. The van der Waals surface area contributed by atoms with E-state index >= 15 is 0 Å². The van der Waals surface area contributed by atoms with Crippen LogP contribution in [0, 0.1) is 0 Å². The minimum atomic E-state index is -4.27. The zero-order valence-corrected chi connectivity index (χ0v) is 14.2. The molecule has 0 aromatic heterocycles. The van der Waals surface area contributed by atoms with E-state index in [4.69, 9.17) is 8.74 Å². The van der Waals surface area contributed by atoms with Crippen LogP contribution in [0.15, 0.2) is 62.8 Å². The standard InChI is InChI=1S/C13H11BrO6S2/c14-11-3-7-13(8-4-11)22(18,19)20-9-10-1-5-12(6-2-10)21(15,16)17/h1-8H,9H2,(H,15,16,17). The molecule has 22 heavy (non-hydrogen) atoms. The molecule has 0 heterocycles. The Kier molecular flexibility index (Phi) is 5.03. The van der Waals surface area contributed by atoms with Gasteiger partial charge in [0.15, 0.2) is 0 Å². The highest BCUT2D eigenvalue weighted by molar-refractivity contribution is 9.10. The number of rotatable bonds is 5. The van der Waals surface area contributed by atoms with Crippen molar-refractivity contribution in [2.45, 2.75) is 16.4 Å². The molecule has 0 spiro atoms. The van der Waals surface area contributed by atoms with Crippen molar-refractivity contribution in [1.82, 2.24) is 0 Å². The molecule has 2 aromatic rings. The summed E-state index contributed by atoms with van der Waals surface area (Å²) in [7, 11) is -8.18. The summed E-state index contributed by atoms with van der Waals surface area (Å²) in [5, 5.41) is 0. The number of halogens is 1. The Balaban J connectivity index is 2.10. The minimum Gasteiger partial charge on any atom is -0.282 e. The number of benzene rings is 2. The van der Waals surface area contributed by atoms with Gasteiger partial charge in [-0.2, -0.15) is 16.8 Å². The van der Waals surface area contributed by atoms with Gasteiger partial charge in [-0.1, -0.05) is 28.1 Å². The van der Waals surface area contributed by atoms with E-state index < -0.39 is 20.2 Å². The van der Waals surface area contributed by atoms with Gasteiger partial charge in [0.1, 0.15) is 0 Å². The topological polar surface area (TPSA) is 97.7 Å². The number of hydrogen-bond acceptors (Lipinski definition) is 5. The molecule has 118 valence electrons. The summed E-state index contributed by atoms with van der Waals surface area (Å²) in [6.45, 7) is -0.246. The van der Waals surface area contributed by atoms with Crippen LogP contribution in [0.2, 0.25) is 0 Å². The van der Waals surface area contributed by atoms with Gasteiger partial charge in [-0.05, 0) is 42.0 Å². The normalized spacial score (nSPS) is 12.3. The van der Waals surface area contributed by atoms with Crippen LogP contribution in [0.3, 0.4) is 0 Å². The van der Waals surface area contributed by atoms with Gasteiger partial charge in [0.2, 0.25) is 0 Å². The summed E-state index contributed by atoms with van der Waals surface area (Å²) in [4.78, 5) is -0.253. The van der Waals surface area contributed by atoms with E-state index in [0.29, 0.717) is 5.56 Å². The van der Waals surface area contributed by atoms with Crippen molar-refractivity contribution in [3.8, 4) is 0 Å². The minimum absolute atomic E-state index is 0.0188. The molecule has 0 bridgehead atoms. The Bertz CT molecular complexity index is 856. The van der Waals surface area contributed by atoms with Crippen molar-refractivity contribution in [2.24, 2.45) is 0 Å². The maximum atomic E-state index is 12.0. The summed E-state index contributed by atoms with van der Waals surface area (Å²) >= 11 is 3.21. The largest absolute Gasteiger partial charge is 0.297 e. The summed E-state index contributed by atoms with van der Waals surface area (Å²) in [5.74, 6) is 0. The first-order valence-corrected chi connectivity index (χ1v) is 9.54. The van der Waals surface area contributed by atoms with Crippen molar-refractivity contribution in [1.29, 1.82) is 0 Å². The molecule has 0 radical (unpaired) electrons. The second-order valence-corrected chi connectivity index (χ2v) is 8.24. The van der Waals surface area contributed by atoms with Gasteiger partial charge >= 0.3 is 0 Å². The molecule has 0 unspecified atom stereocenters. The molecule has 6 nitrogen and oxygen atoms in total. The van der Waals surface area contributed by atoms with Gasteiger partial charge in [0.05, 0.1) is 16.4 Å². The second kappa shape index (κ2) is 6.47. The van der Waals surface area contributed by atoms with Crippen LogP contribution in [-0.2, 0) is 31.0 Å². The third-order valence-corrected chi connectivity index (χ3v) is 5.38. The van der Waals surface area contributed by atoms with Crippen molar-refractivity contribution < 1.29 is 25.6 Å². The van der Waals surface area contributed by atoms with Crippen LogP contribution >= 0.6 is 15.9 Å². The zero-order chi connectivity index (χ0) is 16.4. The molecular formula is C13H11BrO6S2. The molecular weight excluding hydrogens is 396 g/mol. The molecule has 9 heteroatoms. The first-order chi connectivity index (χ1) is 10.2. The molecule has 2 aromatic carbocycles. The first kappa shape index (κ1) is 17.1. The SMILES string of the molecule is O=S(=O)(O)c1ccc(COS(=O)(=O)c2ccc(Br)cc2)cc1. The van der Waals surface area contributed by atoms with Crippen molar-refractivity contribution >= 4 is 36.2 Å². The van der Waals surface area contributed by atoms with Crippen LogP contribution in [0.5, 0.6) is 0 Å². The highest BCUT2D eigenvalue weighted by Gasteiger charge is 2.15. The molecule has 0 aliphatic rings. The molecule has 0 aliphatic carbocycles. The van der Waals surface area contributed by atoms with Crippen molar-refractivity contribution in [2.75, 3.05) is 0 Å². The Morgan fingerprint density at radius 1 is 0.864 bits per heavy atom.